The summed E-state index contributed by atoms with van der Waals surface area (Å²) in [5, 5.41) is 2.64. The molecule has 0 bridgehead atoms. The average molecular weight is 502 g/mol. The molecule has 170 valence electrons. The number of esters is 3. The second kappa shape index (κ2) is 11.1. The van der Waals surface area contributed by atoms with Gasteiger partial charge in [-0.15, -0.1) is 0 Å². The number of nitrogens with one attached hydrogen (secondary N) is 1. The lowest BCUT2D eigenvalue weighted by molar-refractivity contribution is -0.257. The molecule has 5 atom stereocenters. The van der Waals surface area contributed by atoms with Gasteiger partial charge in [-0.05, 0) is 28.1 Å². The van der Waals surface area contributed by atoms with Gasteiger partial charge in [-0.1, -0.05) is 12.1 Å². The highest BCUT2D eigenvalue weighted by molar-refractivity contribution is 9.10. The number of para-hydroxylation sites is 1. The van der Waals surface area contributed by atoms with Crippen LogP contribution in [0.4, 0.5) is 0 Å². The summed E-state index contributed by atoms with van der Waals surface area (Å²) in [6, 6.07) is 5.89. The zero-order chi connectivity index (χ0) is 23.1. The number of amides is 1. The van der Waals surface area contributed by atoms with E-state index in [-0.39, 0.29) is 6.61 Å². The van der Waals surface area contributed by atoms with Crippen molar-refractivity contribution < 1.29 is 42.9 Å². The number of benzene rings is 1. The van der Waals surface area contributed by atoms with E-state index in [1.54, 1.807) is 24.3 Å². The van der Waals surface area contributed by atoms with Crippen molar-refractivity contribution in [2.75, 3.05) is 6.61 Å². The van der Waals surface area contributed by atoms with Crippen LogP contribution in [0.15, 0.2) is 28.7 Å². The molecule has 0 radical (unpaired) electrons. The molecule has 1 aliphatic heterocycles. The summed E-state index contributed by atoms with van der Waals surface area (Å²) in [4.78, 5) is 46.8. The monoisotopic (exact) mass is 501 g/mol. The third-order valence-electron chi connectivity index (χ3n) is 4.15. The fourth-order valence-corrected chi connectivity index (χ4v) is 3.43. The first-order valence-electron chi connectivity index (χ1n) is 9.40. The van der Waals surface area contributed by atoms with E-state index in [2.05, 4.69) is 21.2 Å². The molecule has 2 rings (SSSR count). The van der Waals surface area contributed by atoms with Crippen molar-refractivity contribution in [1.82, 2.24) is 5.32 Å². The molecule has 1 aliphatic rings. The summed E-state index contributed by atoms with van der Waals surface area (Å²) >= 11 is 3.37. The Kier molecular flexibility index (Phi) is 8.81. The maximum absolute atomic E-state index is 11.9. The Labute approximate surface area is 187 Å². The molecule has 10 nitrogen and oxygen atoms in total. The second-order valence-corrected chi connectivity index (χ2v) is 7.62. The first kappa shape index (κ1) is 24.6. The smallest absolute Gasteiger partial charge is 0.303 e. The molecular formula is C20H24BrNO9. The van der Waals surface area contributed by atoms with Gasteiger partial charge in [0.25, 0.3) is 0 Å². The van der Waals surface area contributed by atoms with E-state index in [1.807, 2.05) is 0 Å². The largest absolute Gasteiger partial charge is 0.463 e. The summed E-state index contributed by atoms with van der Waals surface area (Å²) in [5.74, 6) is -2.00. The van der Waals surface area contributed by atoms with E-state index >= 15 is 0 Å². The number of hydrogen-bond acceptors (Lipinski definition) is 9. The van der Waals surface area contributed by atoms with Crippen LogP contribution in [0.3, 0.4) is 0 Å². The van der Waals surface area contributed by atoms with Gasteiger partial charge in [0, 0.05) is 27.7 Å². The van der Waals surface area contributed by atoms with Gasteiger partial charge in [0.05, 0.1) is 4.47 Å². The van der Waals surface area contributed by atoms with Crippen LogP contribution in [-0.4, -0.2) is 61.1 Å². The Morgan fingerprint density at radius 3 is 2.13 bits per heavy atom. The number of hydrogen-bond donors (Lipinski definition) is 1. The van der Waals surface area contributed by atoms with Crippen molar-refractivity contribution in [2.45, 2.75) is 58.3 Å². The van der Waals surface area contributed by atoms with E-state index in [9.17, 15) is 19.2 Å². The Balaban J connectivity index is 2.46. The van der Waals surface area contributed by atoms with Crippen molar-refractivity contribution in [2.24, 2.45) is 0 Å². The molecule has 0 aliphatic carbocycles. The minimum Gasteiger partial charge on any atom is -0.463 e. The lowest BCUT2D eigenvalue weighted by Crippen LogP contribution is -2.67. The van der Waals surface area contributed by atoms with Crippen LogP contribution in [0.5, 0.6) is 5.75 Å². The molecule has 1 aromatic rings. The highest BCUT2D eigenvalue weighted by Gasteiger charge is 2.52. The molecule has 1 aromatic carbocycles. The van der Waals surface area contributed by atoms with E-state index in [1.165, 1.54) is 27.7 Å². The van der Waals surface area contributed by atoms with Gasteiger partial charge < -0.3 is 29.0 Å². The van der Waals surface area contributed by atoms with Crippen LogP contribution < -0.4 is 10.1 Å². The summed E-state index contributed by atoms with van der Waals surface area (Å²) in [5.41, 5.74) is 0. The summed E-state index contributed by atoms with van der Waals surface area (Å²) < 4.78 is 28.3. The molecule has 11 heteroatoms. The molecule has 1 heterocycles. The van der Waals surface area contributed by atoms with Crippen LogP contribution in [0.2, 0.25) is 0 Å². The maximum atomic E-state index is 11.9. The standard InChI is InChI=1S/C20H24BrNO9/c1-10(23)22-17-19(29-13(4)26)18(28-12(3)25)16(9-27-11(2)24)31-20(17)30-15-8-6-5-7-14(15)21/h5-8,16-20H,9H2,1-4H3,(H,22,23)/t16-,17-,18+,19-,20-/m1/s1. The number of halogens is 1. The van der Waals surface area contributed by atoms with Gasteiger partial charge in [0.2, 0.25) is 12.2 Å². The van der Waals surface area contributed by atoms with Crippen LogP contribution in [0.1, 0.15) is 27.7 Å². The van der Waals surface area contributed by atoms with Gasteiger partial charge in [-0.2, -0.15) is 0 Å². The zero-order valence-corrected chi connectivity index (χ0v) is 19.0. The van der Waals surface area contributed by atoms with Crippen LogP contribution in [-0.2, 0) is 38.1 Å². The maximum Gasteiger partial charge on any atom is 0.303 e. The van der Waals surface area contributed by atoms with Crippen LogP contribution >= 0.6 is 15.9 Å². The molecule has 1 amide bonds. The first-order chi connectivity index (χ1) is 14.6. The molecule has 31 heavy (non-hydrogen) atoms. The SMILES string of the molecule is CC(=O)N[C@H]1[C@H](Oc2ccccc2Br)O[C@H](COC(C)=O)[C@H](OC(C)=O)[C@@H]1OC(C)=O. The highest BCUT2D eigenvalue weighted by atomic mass is 79.9. The van der Waals surface area contributed by atoms with Gasteiger partial charge in [0.15, 0.2) is 12.2 Å². The minimum atomic E-state index is -1.17. The number of carbonyl (C=O) groups excluding carboxylic acids is 4. The predicted octanol–water partition coefficient (Wildman–Crippen LogP) is 1.48. The van der Waals surface area contributed by atoms with Crippen molar-refractivity contribution in [3.8, 4) is 5.75 Å². The Hall–Kier alpha value is -2.66. The van der Waals surface area contributed by atoms with Crippen LogP contribution in [0, 0.1) is 0 Å². The van der Waals surface area contributed by atoms with E-state index in [4.69, 9.17) is 23.7 Å². The summed E-state index contributed by atoms with van der Waals surface area (Å²) in [6.45, 7) is 4.53. The summed E-state index contributed by atoms with van der Waals surface area (Å²) in [7, 11) is 0. The lowest BCUT2D eigenvalue weighted by Gasteiger charge is -2.44. The first-order valence-corrected chi connectivity index (χ1v) is 10.2. The molecule has 0 saturated carbocycles. The third kappa shape index (κ3) is 7.21. The minimum absolute atomic E-state index is 0.298. The van der Waals surface area contributed by atoms with E-state index in [0.717, 1.165) is 0 Å². The fourth-order valence-electron chi connectivity index (χ4n) is 3.06. The van der Waals surface area contributed by atoms with Crippen molar-refractivity contribution in [1.29, 1.82) is 0 Å². The molecule has 1 fully saturated rings. The average Bonchev–Trinajstić information content (AvgIpc) is 2.65. The van der Waals surface area contributed by atoms with Crippen molar-refractivity contribution >= 4 is 39.7 Å². The Morgan fingerprint density at radius 1 is 0.968 bits per heavy atom. The number of rotatable bonds is 7. The normalized spacial score (nSPS) is 25.1. The van der Waals surface area contributed by atoms with E-state index in [0.29, 0.717) is 10.2 Å². The quantitative estimate of drug-likeness (QED) is 0.436. The second-order valence-electron chi connectivity index (χ2n) is 6.77. The zero-order valence-electron chi connectivity index (χ0n) is 17.5. The van der Waals surface area contributed by atoms with Crippen molar-refractivity contribution in [3.05, 3.63) is 28.7 Å². The summed E-state index contributed by atoms with van der Waals surface area (Å²) in [6.07, 6.45) is -4.54. The molecule has 1 N–H and O–H groups in total. The number of carbonyl (C=O) groups is 4. The molecular weight excluding hydrogens is 478 g/mol. The van der Waals surface area contributed by atoms with Gasteiger partial charge in [-0.25, -0.2) is 0 Å². The molecule has 0 aromatic heterocycles. The van der Waals surface area contributed by atoms with Crippen molar-refractivity contribution in [3.63, 3.8) is 0 Å². The molecule has 0 spiro atoms. The van der Waals surface area contributed by atoms with E-state index < -0.39 is 54.5 Å². The highest BCUT2D eigenvalue weighted by Crippen LogP contribution is 2.31. The molecule has 1 saturated heterocycles. The third-order valence-corrected chi connectivity index (χ3v) is 4.81. The van der Waals surface area contributed by atoms with Gasteiger partial charge >= 0.3 is 17.9 Å². The molecule has 0 unspecified atom stereocenters. The number of ether oxygens (including phenoxy) is 5. The Bertz CT molecular complexity index is 831. The van der Waals surface area contributed by atoms with Gasteiger partial charge in [0.1, 0.15) is 24.5 Å². The fraction of sp³-hybridized carbons (Fsp3) is 0.500. The topological polar surface area (TPSA) is 126 Å². The lowest BCUT2D eigenvalue weighted by atomic mass is 9.96. The van der Waals surface area contributed by atoms with Crippen LogP contribution in [0.25, 0.3) is 0 Å². The predicted molar refractivity (Wildman–Crippen MR) is 109 cm³/mol. The Morgan fingerprint density at radius 2 is 1.58 bits per heavy atom. The van der Waals surface area contributed by atoms with Gasteiger partial charge in [-0.3, -0.25) is 19.2 Å².